The van der Waals surface area contributed by atoms with Crippen molar-refractivity contribution in [2.45, 2.75) is 19.5 Å². The number of Topliss-reactive ketones (excluding diaryl/α,β-unsaturated/α-hetero) is 1. The molecule has 1 aromatic heterocycles. The zero-order chi connectivity index (χ0) is 10.9. The van der Waals surface area contributed by atoms with Gasteiger partial charge in [0.2, 0.25) is 5.78 Å². The lowest BCUT2D eigenvalue weighted by Gasteiger charge is -2.03. The van der Waals surface area contributed by atoms with E-state index in [0.29, 0.717) is 9.35 Å². The molecule has 0 aliphatic heterocycles. The topological polar surface area (TPSA) is 17.1 Å². The number of halogens is 4. The van der Waals surface area contributed by atoms with Crippen molar-refractivity contribution in [2.75, 3.05) is 0 Å². The second-order valence-corrected chi connectivity index (χ2v) is 4.92. The van der Waals surface area contributed by atoms with Gasteiger partial charge in [0.05, 0.1) is 6.42 Å². The Bertz CT molecular complexity index is 356. The van der Waals surface area contributed by atoms with Gasteiger partial charge in [-0.1, -0.05) is 0 Å². The van der Waals surface area contributed by atoms with Gasteiger partial charge in [0.15, 0.2) is 0 Å². The number of carbonyl (C=O) groups excluding carboxylic acids is 1. The van der Waals surface area contributed by atoms with Gasteiger partial charge in [0, 0.05) is 14.2 Å². The Kier molecular flexibility index (Phi) is 3.36. The summed E-state index contributed by atoms with van der Waals surface area (Å²) in [6, 6.07) is 1.70. The number of aryl methyl sites for hydroxylation is 1. The molecule has 0 saturated heterocycles. The molecule has 78 valence electrons. The number of hydrogen-bond donors (Lipinski definition) is 0. The summed E-state index contributed by atoms with van der Waals surface area (Å²) in [6.45, 7) is 1.77. The van der Waals surface area contributed by atoms with Gasteiger partial charge in [-0.15, -0.1) is 11.3 Å². The SMILES string of the molecule is Cc1cc(Br)c(CC(=O)C(F)(F)F)s1. The first-order chi connectivity index (χ1) is 6.30. The van der Waals surface area contributed by atoms with Crippen LogP contribution in [0.1, 0.15) is 9.75 Å². The number of ketones is 1. The molecule has 0 fully saturated rings. The molecule has 1 heterocycles. The first kappa shape index (κ1) is 11.7. The third kappa shape index (κ3) is 2.81. The van der Waals surface area contributed by atoms with Crippen molar-refractivity contribution in [3.63, 3.8) is 0 Å². The number of thiophene rings is 1. The largest absolute Gasteiger partial charge is 0.450 e. The predicted octanol–water partition coefficient (Wildman–Crippen LogP) is 3.49. The summed E-state index contributed by atoms with van der Waals surface area (Å²) in [4.78, 5) is 12.0. The molecule has 0 unspecified atom stereocenters. The van der Waals surface area contributed by atoms with E-state index in [9.17, 15) is 18.0 Å². The van der Waals surface area contributed by atoms with Crippen LogP contribution in [0.25, 0.3) is 0 Å². The maximum Gasteiger partial charge on any atom is 0.450 e. The number of carbonyl (C=O) groups is 1. The fraction of sp³-hybridized carbons (Fsp3) is 0.375. The second-order valence-electron chi connectivity index (χ2n) is 2.73. The van der Waals surface area contributed by atoms with Crippen LogP contribution in [0, 0.1) is 6.92 Å². The van der Waals surface area contributed by atoms with E-state index in [-0.39, 0.29) is 0 Å². The quantitative estimate of drug-likeness (QED) is 0.813. The molecule has 0 bridgehead atoms. The summed E-state index contributed by atoms with van der Waals surface area (Å²) >= 11 is 4.29. The third-order valence-corrected chi connectivity index (χ3v) is 3.54. The summed E-state index contributed by atoms with van der Waals surface area (Å²) in [6.07, 6.45) is -5.32. The van der Waals surface area contributed by atoms with Crippen LogP contribution in [0.3, 0.4) is 0 Å². The molecule has 1 rings (SSSR count). The molecule has 14 heavy (non-hydrogen) atoms. The molecule has 0 aliphatic rings. The molecule has 0 radical (unpaired) electrons. The Morgan fingerprint density at radius 2 is 2.14 bits per heavy atom. The average molecular weight is 287 g/mol. The molecule has 0 aromatic carbocycles. The Morgan fingerprint density at radius 3 is 2.50 bits per heavy atom. The molecule has 1 nitrogen and oxygen atoms in total. The van der Waals surface area contributed by atoms with E-state index in [2.05, 4.69) is 15.9 Å². The minimum atomic E-state index is -4.74. The summed E-state index contributed by atoms with van der Waals surface area (Å²) in [5, 5.41) is 0. The fourth-order valence-corrected chi connectivity index (χ4v) is 2.70. The van der Waals surface area contributed by atoms with Crippen molar-refractivity contribution in [1.82, 2.24) is 0 Å². The van der Waals surface area contributed by atoms with Crippen LogP contribution in [0.5, 0.6) is 0 Å². The standard InChI is InChI=1S/C8H6BrF3OS/c1-4-2-5(9)6(14-4)3-7(13)8(10,11)12/h2H,3H2,1H3. The molecule has 0 atom stereocenters. The van der Waals surface area contributed by atoms with Gasteiger partial charge in [-0.2, -0.15) is 13.2 Å². The lowest BCUT2D eigenvalue weighted by Crippen LogP contribution is -2.24. The molecule has 1 aromatic rings. The summed E-state index contributed by atoms with van der Waals surface area (Å²) < 4.78 is 36.3. The summed E-state index contributed by atoms with van der Waals surface area (Å²) in [7, 11) is 0. The lowest BCUT2D eigenvalue weighted by molar-refractivity contribution is -0.170. The number of hydrogen-bond acceptors (Lipinski definition) is 2. The minimum absolute atomic E-state index is 0.421. The minimum Gasteiger partial charge on any atom is -0.289 e. The van der Waals surface area contributed by atoms with E-state index in [1.165, 1.54) is 11.3 Å². The van der Waals surface area contributed by atoms with E-state index in [4.69, 9.17) is 0 Å². The Balaban J connectivity index is 2.80. The zero-order valence-corrected chi connectivity index (χ0v) is 9.52. The highest BCUT2D eigenvalue weighted by molar-refractivity contribution is 9.10. The molecular formula is C8H6BrF3OS. The van der Waals surface area contributed by atoms with E-state index >= 15 is 0 Å². The van der Waals surface area contributed by atoms with Crippen LogP contribution < -0.4 is 0 Å². The van der Waals surface area contributed by atoms with E-state index in [0.717, 1.165) is 4.88 Å². The number of rotatable bonds is 2. The Labute approximate surface area is 91.1 Å². The second kappa shape index (κ2) is 4.02. The monoisotopic (exact) mass is 286 g/mol. The van der Waals surface area contributed by atoms with Crippen LogP contribution in [0.15, 0.2) is 10.5 Å². The molecule has 6 heteroatoms. The average Bonchev–Trinajstić information content (AvgIpc) is 2.28. The predicted molar refractivity (Wildman–Crippen MR) is 51.5 cm³/mol. The van der Waals surface area contributed by atoms with Crippen LogP contribution in [0.2, 0.25) is 0 Å². The first-order valence-corrected chi connectivity index (χ1v) is 5.26. The van der Waals surface area contributed by atoms with Crippen LogP contribution in [0.4, 0.5) is 13.2 Å². The van der Waals surface area contributed by atoms with E-state index in [1.54, 1.807) is 13.0 Å². The van der Waals surface area contributed by atoms with E-state index < -0.39 is 18.4 Å². The summed E-state index contributed by atoms with van der Waals surface area (Å²) in [5.41, 5.74) is 0. The first-order valence-electron chi connectivity index (χ1n) is 3.65. The van der Waals surface area contributed by atoms with Gasteiger partial charge in [0.1, 0.15) is 0 Å². The molecule has 0 saturated carbocycles. The highest BCUT2D eigenvalue weighted by atomic mass is 79.9. The lowest BCUT2D eigenvalue weighted by atomic mass is 10.2. The van der Waals surface area contributed by atoms with Crippen molar-refractivity contribution in [3.05, 3.63) is 20.3 Å². The maximum atomic E-state index is 11.9. The maximum absolute atomic E-state index is 11.9. The van der Waals surface area contributed by atoms with Gasteiger partial charge in [-0.3, -0.25) is 4.79 Å². The van der Waals surface area contributed by atoms with Crippen molar-refractivity contribution in [2.24, 2.45) is 0 Å². The Hall–Kier alpha value is -0.360. The van der Waals surface area contributed by atoms with Gasteiger partial charge >= 0.3 is 6.18 Å². The smallest absolute Gasteiger partial charge is 0.289 e. The fourth-order valence-electron chi connectivity index (χ4n) is 0.898. The molecule has 0 N–H and O–H groups in total. The van der Waals surface area contributed by atoms with E-state index in [1.807, 2.05) is 0 Å². The normalized spacial score (nSPS) is 11.8. The highest BCUT2D eigenvalue weighted by Crippen LogP contribution is 2.29. The van der Waals surface area contributed by atoms with Crippen LogP contribution >= 0.6 is 27.3 Å². The Morgan fingerprint density at radius 1 is 1.57 bits per heavy atom. The molecule has 0 aliphatic carbocycles. The van der Waals surface area contributed by atoms with Crippen LogP contribution in [-0.4, -0.2) is 12.0 Å². The molecular weight excluding hydrogens is 281 g/mol. The van der Waals surface area contributed by atoms with Gasteiger partial charge < -0.3 is 0 Å². The van der Waals surface area contributed by atoms with Gasteiger partial charge in [-0.25, -0.2) is 0 Å². The van der Waals surface area contributed by atoms with Crippen molar-refractivity contribution < 1.29 is 18.0 Å². The summed E-state index contributed by atoms with van der Waals surface area (Å²) in [5.74, 6) is -1.71. The van der Waals surface area contributed by atoms with Crippen molar-refractivity contribution in [1.29, 1.82) is 0 Å². The molecule has 0 spiro atoms. The van der Waals surface area contributed by atoms with Crippen LogP contribution in [-0.2, 0) is 11.2 Å². The number of alkyl halides is 3. The zero-order valence-electron chi connectivity index (χ0n) is 7.11. The van der Waals surface area contributed by atoms with Crippen molar-refractivity contribution in [3.8, 4) is 0 Å². The highest BCUT2D eigenvalue weighted by Gasteiger charge is 2.38. The van der Waals surface area contributed by atoms with Gasteiger partial charge in [-0.05, 0) is 28.9 Å². The molecule has 0 amide bonds. The van der Waals surface area contributed by atoms with Crippen molar-refractivity contribution >= 4 is 33.0 Å². The van der Waals surface area contributed by atoms with Gasteiger partial charge in [0.25, 0.3) is 0 Å². The third-order valence-electron chi connectivity index (χ3n) is 1.52.